The molecule has 4 N–H and O–H groups in total. The standard InChI is InChI=1S/C16H25N3O3/c1-5-11(4)14(15(17)20)19-16(21)18-12-8-6-7-9-13(12)22-10(2)3/h6-11,14H,5H2,1-4H3,(H2,17,20)(H2,18,19,21)/t11-,14+/m1/s1. The highest BCUT2D eigenvalue weighted by molar-refractivity contribution is 5.94. The Bertz CT molecular complexity index is 517. The van der Waals surface area contributed by atoms with Gasteiger partial charge in [0, 0.05) is 0 Å². The molecular formula is C16H25N3O3. The molecule has 3 amide bonds. The summed E-state index contributed by atoms with van der Waals surface area (Å²) in [5, 5.41) is 5.31. The maximum absolute atomic E-state index is 12.1. The van der Waals surface area contributed by atoms with Crippen LogP contribution in [0.3, 0.4) is 0 Å². The molecule has 0 fully saturated rings. The van der Waals surface area contributed by atoms with Crippen LogP contribution in [0, 0.1) is 5.92 Å². The van der Waals surface area contributed by atoms with Crippen molar-refractivity contribution >= 4 is 17.6 Å². The van der Waals surface area contributed by atoms with E-state index in [1.54, 1.807) is 18.2 Å². The second-order valence-corrected chi connectivity index (χ2v) is 5.53. The average Bonchev–Trinajstić information content (AvgIpc) is 2.45. The number of amides is 3. The van der Waals surface area contributed by atoms with Crippen LogP contribution in [0.15, 0.2) is 24.3 Å². The molecule has 0 bridgehead atoms. The predicted octanol–water partition coefficient (Wildman–Crippen LogP) is 2.50. The molecular weight excluding hydrogens is 282 g/mol. The van der Waals surface area contributed by atoms with Gasteiger partial charge in [0.15, 0.2) is 0 Å². The van der Waals surface area contributed by atoms with Crippen LogP contribution < -0.4 is 21.1 Å². The molecule has 0 aliphatic rings. The van der Waals surface area contributed by atoms with Gasteiger partial charge in [-0.15, -0.1) is 0 Å². The minimum Gasteiger partial charge on any atom is -0.489 e. The molecule has 0 spiro atoms. The predicted molar refractivity (Wildman–Crippen MR) is 86.8 cm³/mol. The van der Waals surface area contributed by atoms with Crippen LogP contribution >= 0.6 is 0 Å². The van der Waals surface area contributed by atoms with Crippen LogP contribution in [-0.2, 0) is 4.79 Å². The van der Waals surface area contributed by atoms with Crippen molar-refractivity contribution in [3.8, 4) is 5.75 Å². The van der Waals surface area contributed by atoms with Crippen molar-refractivity contribution in [2.45, 2.75) is 46.3 Å². The molecule has 0 heterocycles. The van der Waals surface area contributed by atoms with Gasteiger partial charge < -0.3 is 21.1 Å². The van der Waals surface area contributed by atoms with Crippen molar-refractivity contribution in [3.63, 3.8) is 0 Å². The van der Waals surface area contributed by atoms with Gasteiger partial charge in [-0.1, -0.05) is 32.4 Å². The van der Waals surface area contributed by atoms with E-state index in [1.165, 1.54) is 0 Å². The van der Waals surface area contributed by atoms with Gasteiger partial charge in [0.05, 0.1) is 11.8 Å². The second kappa shape index (κ2) is 8.26. The molecule has 1 aromatic carbocycles. The molecule has 6 nitrogen and oxygen atoms in total. The summed E-state index contributed by atoms with van der Waals surface area (Å²) in [7, 11) is 0. The van der Waals surface area contributed by atoms with Crippen LogP contribution in [0.4, 0.5) is 10.5 Å². The number of para-hydroxylation sites is 2. The number of urea groups is 1. The van der Waals surface area contributed by atoms with Crippen molar-refractivity contribution < 1.29 is 14.3 Å². The van der Waals surface area contributed by atoms with Crippen LogP contribution in [0.2, 0.25) is 0 Å². The van der Waals surface area contributed by atoms with Gasteiger partial charge in [-0.3, -0.25) is 4.79 Å². The van der Waals surface area contributed by atoms with Gasteiger partial charge in [0.25, 0.3) is 0 Å². The Kier molecular flexibility index (Phi) is 6.69. The summed E-state index contributed by atoms with van der Waals surface area (Å²) in [6, 6.07) is 5.94. The molecule has 1 rings (SSSR count). The van der Waals surface area contributed by atoms with E-state index in [2.05, 4.69) is 10.6 Å². The summed E-state index contributed by atoms with van der Waals surface area (Å²) >= 11 is 0. The van der Waals surface area contributed by atoms with Gasteiger partial charge >= 0.3 is 6.03 Å². The lowest BCUT2D eigenvalue weighted by Crippen LogP contribution is -2.49. The Morgan fingerprint density at radius 3 is 2.41 bits per heavy atom. The molecule has 0 saturated heterocycles. The Morgan fingerprint density at radius 2 is 1.86 bits per heavy atom. The third kappa shape index (κ3) is 5.27. The first-order chi connectivity index (χ1) is 10.3. The van der Waals surface area contributed by atoms with Crippen molar-refractivity contribution in [3.05, 3.63) is 24.3 Å². The number of nitrogens with one attached hydrogen (secondary N) is 2. The Balaban J connectivity index is 2.78. The molecule has 0 aliphatic heterocycles. The lowest BCUT2D eigenvalue weighted by atomic mass is 9.99. The first-order valence-corrected chi connectivity index (χ1v) is 7.47. The zero-order valence-electron chi connectivity index (χ0n) is 13.6. The lowest BCUT2D eigenvalue weighted by Gasteiger charge is -2.22. The quantitative estimate of drug-likeness (QED) is 0.722. The number of benzene rings is 1. The summed E-state index contributed by atoms with van der Waals surface area (Å²) in [5.74, 6) is -0.00608. The van der Waals surface area contributed by atoms with Gasteiger partial charge in [-0.05, 0) is 31.9 Å². The van der Waals surface area contributed by atoms with E-state index in [9.17, 15) is 9.59 Å². The van der Waals surface area contributed by atoms with Crippen LogP contribution in [0.1, 0.15) is 34.1 Å². The van der Waals surface area contributed by atoms with Gasteiger partial charge in [0.2, 0.25) is 5.91 Å². The van der Waals surface area contributed by atoms with E-state index in [0.29, 0.717) is 11.4 Å². The molecule has 0 aromatic heterocycles. The van der Waals surface area contributed by atoms with E-state index in [1.807, 2.05) is 33.8 Å². The summed E-state index contributed by atoms with van der Waals surface area (Å²) in [5.41, 5.74) is 5.89. The monoisotopic (exact) mass is 307 g/mol. The van der Waals surface area contributed by atoms with E-state index >= 15 is 0 Å². The number of hydrogen-bond acceptors (Lipinski definition) is 3. The number of hydrogen-bond donors (Lipinski definition) is 3. The van der Waals surface area contributed by atoms with E-state index in [0.717, 1.165) is 6.42 Å². The molecule has 6 heteroatoms. The number of primary amides is 1. The number of nitrogens with two attached hydrogens (primary N) is 1. The normalized spacial score (nSPS) is 13.3. The largest absolute Gasteiger partial charge is 0.489 e. The van der Waals surface area contributed by atoms with Crippen LogP contribution in [-0.4, -0.2) is 24.1 Å². The minimum atomic E-state index is -0.705. The van der Waals surface area contributed by atoms with E-state index < -0.39 is 18.0 Å². The van der Waals surface area contributed by atoms with E-state index in [4.69, 9.17) is 10.5 Å². The SMILES string of the molecule is CC[C@@H](C)[C@H](NC(=O)Nc1ccccc1OC(C)C)C(N)=O. The maximum Gasteiger partial charge on any atom is 0.320 e. The number of rotatable bonds is 7. The molecule has 0 unspecified atom stereocenters. The number of anilines is 1. The zero-order chi connectivity index (χ0) is 16.7. The third-order valence-electron chi connectivity index (χ3n) is 3.30. The highest BCUT2D eigenvalue weighted by atomic mass is 16.5. The highest BCUT2D eigenvalue weighted by Gasteiger charge is 2.23. The first kappa shape index (κ1) is 17.8. The summed E-state index contributed by atoms with van der Waals surface area (Å²) in [6.45, 7) is 7.61. The fourth-order valence-corrected chi connectivity index (χ4v) is 1.96. The lowest BCUT2D eigenvalue weighted by molar-refractivity contribution is -0.120. The maximum atomic E-state index is 12.1. The fourth-order valence-electron chi connectivity index (χ4n) is 1.96. The average molecular weight is 307 g/mol. The molecule has 0 saturated carbocycles. The van der Waals surface area contributed by atoms with Crippen molar-refractivity contribution in [2.75, 3.05) is 5.32 Å². The zero-order valence-corrected chi connectivity index (χ0v) is 13.6. The second-order valence-electron chi connectivity index (χ2n) is 5.53. The number of ether oxygens (including phenoxy) is 1. The molecule has 2 atom stereocenters. The van der Waals surface area contributed by atoms with Crippen molar-refractivity contribution in [2.24, 2.45) is 11.7 Å². The molecule has 0 radical (unpaired) electrons. The smallest absolute Gasteiger partial charge is 0.320 e. The van der Waals surface area contributed by atoms with Crippen molar-refractivity contribution in [1.82, 2.24) is 5.32 Å². The fraction of sp³-hybridized carbons (Fsp3) is 0.500. The molecule has 22 heavy (non-hydrogen) atoms. The van der Waals surface area contributed by atoms with Gasteiger partial charge in [-0.25, -0.2) is 4.79 Å². The summed E-state index contributed by atoms with van der Waals surface area (Å²) in [6.07, 6.45) is 0.727. The van der Waals surface area contributed by atoms with Crippen LogP contribution in [0.5, 0.6) is 5.75 Å². The Morgan fingerprint density at radius 1 is 1.23 bits per heavy atom. The summed E-state index contributed by atoms with van der Waals surface area (Å²) in [4.78, 5) is 23.6. The molecule has 1 aromatic rings. The van der Waals surface area contributed by atoms with Gasteiger partial charge in [-0.2, -0.15) is 0 Å². The Hall–Kier alpha value is -2.24. The summed E-state index contributed by atoms with van der Waals surface area (Å²) < 4.78 is 5.63. The minimum absolute atomic E-state index is 0.00973. The van der Waals surface area contributed by atoms with Gasteiger partial charge in [0.1, 0.15) is 11.8 Å². The Labute approximate surface area is 131 Å². The van der Waals surface area contributed by atoms with Crippen molar-refractivity contribution in [1.29, 1.82) is 0 Å². The first-order valence-electron chi connectivity index (χ1n) is 7.47. The van der Waals surface area contributed by atoms with E-state index in [-0.39, 0.29) is 12.0 Å². The number of carbonyl (C=O) groups excluding carboxylic acids is 2. The van der Waals surface area contributed by atoms with Crippen LogP contribution in [0.25, 0.3) is 0 Å². The molecule has 122 valence electrons. The highest BCUT2D eigenvalue weighted by Crippen LogP contribution is 2.24. The molecule has 0 aliphatic carbocycles. The third-order valence-corrected chi connectivity index (χ3v) is 3.30. The topological polar surface area (TPSA) is 93.4 Å². The number of carbonyl (C=O) groups is 2.